The third-order valence-corrected chi connectivity index (χ3v) is 4.42. The summed E-state index contributed by atoms with van der Waals surface area (Å²) in [5.74, 6) is 0.282. The highest BCUT2D eigenvalue weighted by molar-refractivity contribution is 6.31. The topological polar surface area (TPSA) is 67.4 Å². The molecule has 3 amide bonds. The van der Waals surface area contributed by atoms with Crippen LogP contribution in [0.1, 0.15) is 21.5 Å². The van der Waals surface area contributed by atoms with E-state index in [4.69, 9.17) is 16.3 Å². The third-order valence-electron chi connectivity index (χ3n) is 4.07. The van der Waals surface area contributed by atoms with Crippen molar-refractivity contribution in [2.45, 2.75) is 13.5 Å². The van der Waals surface area contributed by atoms with Gasteiger partial charge in [-0.15, -0.1) is 0 Å². The number of amides is 3. The van der Waals surface area contributed by atoms with Crippen LogP contribution in [0.3, 0.4) is 0 Å². The lowest BCUT2D eigenvalue weighted by Crippen LogP contribution is -2.34. The number of halogens is 1. The Morgan fingerprint density at radius 2 is 1.68 bits per heavy atom. The highest BCUT2D eigenvalue weighted by Gasteiger charge is 2.13. The number of para-hydroxylation sites is 1. The number of hydrogen-bond donors (Lipinski definition) is 2. The summed E-state index contributed by atoms with van der Waals surface area (Å²) in [4.78, 5) is 24.3. The average molecular weight is 395 g/mol. The van der Waals surface area contributed by atoms with E-state index >= 15 is 0 Å². The Bertz CT molecular complexity index is 990. The molecular formula is C22H19ClN2O3. The smallest absolute Gasteiger partial charge is 0.326 e. The maximum Gasteiger partial charge on any atom is 0.326 e. The molecule has 0 aromatic heterocycles. The molecule has 0 radical (unpaired) electrons. The summed E-state index contributed by atoms with van der Waals surface area (Å²) in [5, 5.41) is 5.37. The molecule has 2 N–H and O–H groups in total. The van der Waals surface area contributed by atoms with Crippen molar-refractivity contribution in [1.29, 1.82) is 0 Å². The second-order valence-corrected chi connectivity index (χ2v) is 6.54. The molecule has 0 heterocycles. The number of ether oxygens (including phenoxy) is 1. The van der Waals surface area contributed by atoms with Crippen molar-refractivity contribution in [3.05, 3.63) is 94.5 Å². The minimum absolute atomic E-state index is 0.307. The van der Waals surface area contributed by atoms with Gasteiger partial charge in [0.05, 0.1) is 0 Å². The standard InChI is InChI=1S/C22H19ClN2O3/c1-15-7-5-6-10-19(15)21(26)25-22(27)24-17-12-11-16(20(23)13-17)14-28-18-8-3-2-4-9-18/h2-13H,14H2,1H3,(H2,24,25,26,27). The normalized spacial score (nSPS) is 10.2. The predicted octanol–water partition coefficient (Wildman–Crippen LogP) is 5.19. The van der Waals surface area contributed by atoms with E-state index in [1.807, 2.05) is 49.4 Å². The molecule has 0 unspecified atom stereocenters. The fraction of sp³-hybridized carbons (Fsp3) is 0.0909. The van der Waals surface area contributed by atoms with Crippen LogP contribution in [-0.4, -0.2) is 11.9 Å². The third kappa shape index (κ3) is 5.11. The maximum atomic E-state index is 12.2. The number of aryl methyl sites for hydroxylation is 1. The van der Waals surface area contributed by atoms with Crippen molar-refractivity contribution >= 4 is 29.2 Å². The van der Waals surface area contributed by atoms with Crippen LogP contribution < -0.4 is 15.4 Å². The molecule has 0 aliphatic carbocycles. The molecule has 0 aliphatic heterocycles. The van der Waals surface area contributed by atoms with Gasteiger partial charge in [-0.25, -0.2) is 4.79 Å². The molecule has 0 saturated heterocycles. The first-order valence-electron chi connectivity index (χ1n) is 8.67. The van der Waals surface area contributed by atoms with Crippen molar-refractivity contribution in [3.63, 3.8) is 0 Å². The number of benzene rings is 3. The zero-order valence-electron chi connectivity index (χ0n) is 15.2. The quantitative estimate of drug-likeness (QED) is 0.625. The molecule has 142 valence electrons. The Hall–Kier alpha value is -3.31. The van der Waals surface area contributed by atoms with Gasteiger partial charge in [-0.1, -0.05) is 54.1 Å². The van der Waals surface area contributed by atoms with Crippen molar-refractivity contribution in [3.8, 4) is 5.75 Å². The van der Waals surface area contributed by atoms with Crippen molar-refractivity contribution in [2.75, 3.05) is 5.32 Å². The van der Waals surface area contributed by atoms with E-state index in [0.29, 0.717) is 22.9 Å². The van der Waals surface area contributed by atoms with Crippen LogP contribution in [0, 0.1) is 6.92 Å². The molecule has 5 nitrogen and oxygen atoms in total. The van der Waals surface area contributed by atoms with E-state index in [2.05, 4.69) is 10.6 Å². The first-order valence-corrected chi connectivity index (χ1v) is 9.05. The second-order valence-electron chi connectivity index (χ2n) is 6.13. The molecule has 0 bridgehead atoms. The van der Waals surface area contributed by atoms with E-state index in [-0.39, 0.29) is 0 Å². The predicted molar refractivity (Wildman–Crippen MR) is 110 cm³/mol. The largest absolute Gasteiger partial charge is 0.489 e. The minimum atomic E-state index is -0.627. The van der Waals surface area contributed by atoms with Crippen LogP contribution in [-0.2, 0) is 6.61 Å². The SMILES string of the molecule is Cc1ccccc1C(=O)NC(=O)Nc1ccc(COc2ccccc2)c(Cl)c1. The van der Waals surface area contributed by atoms with E-state index < -0.39 is 11.9 Å². The highest BCUT2D eigenvalue weighted by atomic mass is 35.5. The van der Waals surface area contributed by atoms with Gasteiger partial charge in [0.1, 0.15) is 12.4 Å². The highest BCUT2D eigenvalue weighted by Crippen LogP contribution is 2.23. The second kappa shape index (κ2) is 9.06. The molecule has 3 rings (SSSR count). The molecule has 6 heteroatoms. The van der Waals surface area contributed by atoms with Gasteiger partial charge in [-0.2, -0.15) is 0 Å². The Balaban J connectivity index is 1.58. The van der Waals surface area contributed by atoms with E-state index in [9.17, 15) is 9.59 Å². The molecule has 28 heavy (non-hydrogen) atoms. The molecule has 0 aliphatic rings. The van der Waals surface area contributed by atoms with Gasteiger partial charge in [-0.05, 0) is 42.8 Å². The Morgan fingerprint density at radius 1 is 0.964 bits per heavy atom. The Kier molecular flexibility index (Phi) is 6.29. The van der Waals surface area contributed by atoms with E-state index in [1.54, 1.807) is 30.3 Å². The van der Waals surface area contributed by atoms with E-state index in [1.165, 1.54) is 0 Å². The molecule has 0 saturated carbocycles. The van der Waals surface area contributed by atoms with Gasteiger partial charge in [0, 0.05) is 21.8 Å². The van der Waals surface area contributed by atoms with Gasteiger partial charge in [0.2, 0.25) is 0 Å². The van der Waals surface area contributed by atoms with Gasteiger partial charge in [-0.3, -0.25) is 10.1 Å². The number of rotatable bonds is 5. The summed E-state index contributed by atoms with van der Waals surface area (Å²) < 4.78 is 5.68. The summed E-state index contributed by atoms with van der Waals surface area (Å²) in [6.07, 6.45) is 0. The lowest BCUT2D eigenvalue weighted by atomic mass is 10.1. The first-order chi connectivity index (χ1) is 13.5. The number of hydrogen-bond acceptors (Lipinski definition) is 3. The number of anilines is 1. The van der Waals surface area contributed by atoms with Gasteiger partial charge in [0.25, 0.3) is 5.91 Å². The van der Waals surface area contributed by atoms with Crippen LogP contribution in [0.5, 0.6) is 5.75 Å². The Labute approximate surface area is 168 Å². The van der Waals surface area contributed by atoms with Crippen LogP contribution in [0.2, 0.25) is 5.02 Å². The minimum Gasteiger partial charge on any atom is -0.489 e. The van der Waals surface area contributed by atoms with Crippen molar-refractivity contribution in [1.82, 2.24) is 5.32 Å². The van der Waals surface area contributed by atoms with Crippen LogP contribution >= 0.6 is 11.6 Å². The number of nitrogens with one attached hydrogen (secondary N) is 2. The van der Waals surface area contributed by atoms with Gasteiger partial charge < -0.3 is 10.1 Å². The monoisotopic (exact) mass is 394 g/mol. The number of imide groups is 1. The van der Waals surface area contributed by atoms with Crippen molar-refractivity contribution in [2.24, 2.45) is 0 Å². The number of carbonyl (C=O) groups excluding carboxylic acids is 2. The molecule has 0 fully saturated rings. The summed E-state index contributed by atoms with van der Waals surface area (Å²) in [5.41, 5.74) is 2.50. The number of urea groups is 1. The lowest BCUT2D eigenvalue weighted by molar-refractivity contribution is 0.0966. The molecule has 3 aromatic rings. The molecule has 0 atom stereocenters. The fourth-order valence-corrected chi connectivity index (χ4v) is 2.82. The van der Waals surface area contributed by atoms with Gasteiger partial charge >= 0.3 is 6.03 Å². The summed E-state index contributed by atoms with van der Waals surface area (Å²) in [6, 6.07) is 20.9. The molecule has 3 aromatic carbocycles. The van der Waals surface area contributed by atoms with Crippen LogP contribution in [0.15, 0.2) is 72.8 Å². The fourth-order valence-electron chi connectivity index (χ4n) is 2.58. The summed E-state index contributed by atoms with van der Waals surface area (Å²) in [7, 11) is 0. The molecule has 0 spiro atoms. The van der Waals surface area contributed by atoms with Gasteiger partial charge in [0.15, 0.2) is 0 Å². The zero-order valence-corrected chi connectivity index (χ0v) is 16.0. The molecular weight excluding hydrogens is 376 g/mol. The summed E-state index contributed by atoms with van der Waals surface area (Å²) in [6.45, 7) is 2.12. The van der Waals surface area contributed by atoms with E-state index in [0.717, 1.165) is 16.9 Å². The summed E-state index contributed by atoms with van der Waals surface area (Å²) >= 11 is 6.28. The average Bonchev–Trinajstić information content (AvgIpc) is 2.68. The zero-order chi connectivity index (χ0) is 19.9. The first kappa shape index (κ1) is 19.5. The Morgan fingerprint density at radius 3 is 2.39 bits per heavy atom. The van der Waals surface area contributed by atoms with Crippen molar-refractivity contribution < 1.29 is 14.3 Å². The van der Waals surface area contributed by atoms with Crippen LogP contribution in [0.4, 0.5) is 10.5 Å². The van der Waals surface area contributed by atoms with Crippen LogP contribution in [0.25, 0.3) is 0 Å². The number of carbonyl (C=O) groups is 2. The lowest BCUT2D eigenvalue weighted by Gasteiger charge is -2.11. The maximum absolute atomic E-state index is 12.2.